The number of halogens is 2. The molecule has 24 heavy (non-hydrogen) atoms. The fourth-order valence-electron chi connectivity index (χ4n) is 2.21. The number of carbonyl (C=O) groups is 1. The smallest absolute Gasteiger partial charge is 0.359 e. The highest BCUT2D eigenvalue weighted by Gasteiger charge is 2.40. The summed E-state index contributed by atoms with van der Waals surface area (Å²) >= 11 is 5.78. The van der Waals surface area contributed by atoms with Gasteiger partial charge in [-0.15, -0.1) is 0 Å². The normalized spacial score (nSPS) is 14.0. The van der Waals surface area contributed by atoms with E-state index in [1.54, 1.807) is 6.92 Å². The molecule has 0 saturated heterocycles. The number of benzene rings is 2. The number of esters is 1. The van der Waals surface area contributed by atoms with Crippen molar-refractivity contribution < 1.29 is 13.9 Å². The first-order chi connectivity index (χ1) is 11.5. The Labute approximate surface area is 146 Å². The number of alkyl halides is 2. The van der Waals surface area contributed by atoms with Gasteiger partial charge in [-0.1, -0.05) is 72.0 Å². The summed E-state index contributed by atoms with van der Waals surface area (Å²) in [6.07, 6.45) is -0.281. The van der Waals surface area contributed by atoms with Gasteiger partial charge in [-0.25, -0.2) is 9.18 Å². The molecular formula is C20H18ClFO2. The van der Waals surface area contributed by atoms with Crippen molar-refractivity contribution in [3.05, 3.63) is 71.8 Å². The first-order valence-electron chi connectivity index (χ1n) is 7.69. The Morgan fingerprint density at radius 2 is 1.75 bits per heavy atom. The van der Waals surface area contributed by atoms with Gasteiger partial charge in [-0.3, -0.25) is 0 Å². The minimum absolute atomic E-state index is 0.0723. The number of hydrogen-bond donors (Lipinski definition) is 0. The minimum Gasteiger partial charge on any atom is -0.463 e. The van der Waals surface area contributed by atoms with Gasteiger partial charge in [0.2, 0.25) is 0 Å². The van der Waals surface area contributed by atoms with Crippen molar-refractivity contribution in [2.75, 3.05) is 6.61 Å². The van der Waals surface area contributed by atoms with Crippen molar-refractivity contribution in [1.82, 2.24) is 0 Å². The molecule has 0 radical (unpaired) electrons. The largest absolute Gasteiger partial charge is 0.463 e. The molecule has 2 aromatic rings. The average molecular weight is 345 g/mol. The summed E-state index contributed by atoms with van der Waals surface area (Å²) < 4.78 is 19.3. The zero-order valence-corrected chi connectivity index (χ0v) is 14.1. The topological polar surface area (TPSA) is 26.3 Å². The van der Waals surface area contributed by atoms with Crippen LogP contribution in [0.4, 0.5) is 4.39 Å². The maximum Gasteiger partial charge on any atom is 0.359 e. The molecule has 0 aliphatic heterocycles. The molecule has 0 fully saturated rings. The third kappa shape index (κ3) is 5.11. The van der Waals surface area contributed by atoms with Crippen LogP contribution in [-0.4, -0.2) is 17.7 Å². The molecule has 4 heteroatoms. The highest BCUT2D eigenvalue weighted by Crippen LogP contribution is 2.33. The van der Waals surface area contributed by atoms with Crippen LogP contribution < -0.4 is 0 Å². The quantitative estimate of drug-likeness (QED) is 0.447. The van der Waals surface area contributed by atoms with Gasteiger partial charge >= 0.3 is 5.97 Å². The molecule has 124 valence electrons. The van der Waals surface area contributed by atoms with E-state index in [0.29, 0.717) is 0 Å². The molecule has 2 nitrogen and oxygen atoms in total. The van der Waals surface area contributed by atoms with Crippen LogP contribution in [0.3, 0.4) is 0 Å². The average Bonchev–Trinajstić information content (AvgIpc) is 2.60. The Kier molecular flexibility index (Phi) is 6.40. The Morgan fingerprint density at radius 1 is 1.17 bits per heavy atom. The van der Waals surface area contributed by atoms with Crippen LogP contribution in [0.2, 0.25) is 0 Å². The van der Waals surface area contributed by atoms with Gasteiger partial charge in [0.05, 0.1) is 12.5 Å². The van der Waals surface area contributed by atoms with Crippen LogP contribution in [0.1, 0.15) is 30.4 Å². The van der Waals surface area contributed by atoms with E-state index in [1.165, 1.54) is 0 Å². The summed E-state index contributed by atoms with van der Waals surface area (Å²) in [5, 5.41) is -2.61. The van der Waals surface area contributed by atoms with Crippen LogP contribution in [-0.2, 0) is 9.53 Å². The number of carbonyl (C=O) groups excluding carboxylic acids is 1. The minimum atomic E-state index is -2.61. The second-order valence-corrected chi connectivity index (χ2v) is 5.83. The predicted octanol–water partition coefficient (Wildman–Crippen LogP) is 4.68. The second kappa shape index (κ2) is 8.52. The van der Waals surface area contributed by atoms with Gasteiger partial charge < -0.3 is 4.74 Å². The standard InChI is InChI=1S/C20H18ClFO2/c1-2-24-19(23)20(21,22)15-18(17-11-7-4-8-12-17)14-13-16-9-5-3-6-10-16/h3-12,18H,2,15H2,1H3. The predicted molar refractivity (Wildman–Crippen MR) is 93.4 cm³/mol. The number of rotatable bonds is 5. The van der Waals surface area contributed by atoms with E-state index in [1.807, 2.05) is 60.7 Å². The lowest BCUT2D eigenvalue weighted by Crippen LogP contribution is -2.31. The molecule has 2 unspecified atom stereocenters. The van der Waals surface area contributed by atoms with Crippen molar-refractivity contribution in [2.45, 2.75) is 24.4 Å². The fraction of sp³-hybridized carbons (Fsp3) is 0.250. The SMILES string of the molecule is CCOC(=O)C(F)(Cl)CC(C#Cc1ccccc1)c1ccccc1. The maximum atomic E-state index is 14.6. The van der Waals surface area contributed by atoms with E-state index in [9.17, 15) is 9.18 Å². The van der Waals surface area contributed by atoms with Crippen LogP contribution in [0.5, 0.6) is 0 Å². The Morgan fingerprint density at radius 3 is 2.33 bits per heavy atom. The Balaban J connectivity index is 2.28. The highest BCUT2D eigenvalue weighted by molar-refractivity contribution is 6.32. The summed E-state index contributed by atoms with van der Waals surface area (Å²) in [6, 6.07) is 18.6. The van der Waals surface area contributed by atoms with Gasteiger partial charge in [0.1, 0.15) is 0 Å². The van der Waals surface area contributed by atoms with Gasteiger partial charge in [-0.05, 0) is 24.6 Å². The van der Waals surface area contributed by atoms with Crippen molar-refractivity contribution in [2.24, 2.45) is 0 Å². The Hall–Kier alpha value is -2.31. The third-order valence-corrected chi connectivity index (χ3v) is 3.71. The zero-order valence-electron chi connectivity index (χ0n) is 13.3. The molecule has 2 rings (SSSR count). The van der Waals surface area contributed by atoms with E-state index >= 15 is 0 Å². The maximum absolute atomic E-state index is 14.6. The monoisotopic (exact) mass is 344 g/mol. The summed E-state index contributed by atoms with van der Waals surface area (Å²) in [7, 11) is 0. The molecule has 0 amide bonds. The van der Waals surface area contributed by atoms with E-state index in [2.05, 4.69) is 11.8 Å². The van der Waals surface area contributed by atoms with Gasteiger partial charge in [0.25, 0.3) is 5.13 Å². The van der Waals surface area contributed by atoms with Crippen LogP contribution in [0.25, 0.3) is 0 Å². The van der Waals surface area contributed by atoms with Crippen molar-refractivity contribution in [3.63, 3.8) is 0 Å². The first-order valence-corrected chi connectivity index (χ1v) is 8.07. The third-order valence-electron chi connectivity index (χ3n) is 3.40. The van der Waals surface area contributed by atoms with E-state index in [0.717, 1.165) is 11.1 Å². The summed E-state index contributed by atoms with van der Waals surface area (Å²) in [5.74, 6) is 4.43. The molecular weight excluding hydrogens is 327 g/mol. The van der Waals surface area contributed by atoms with Gasteiger partial charge in [0.15, 0.2) is 0 Å². The summed E-state index contributed by atoms with van der Waals surface area (Å²) in [4.78, 5) is 11.7. The van der Waals surface area contributed by atoms with Crippen molar-refractivity contribution in [3.8, 4) is 11.8 Å². The lowest BCUT2D eigenvalue weighted by atomic mass is 9.93. The van der Waals surface area contributed by atoms with E-state index in [-0.39, 0.29) is 13.0 Å². The second-order valence-electron chi connectivity index (χ2n) is 5.23. The summed E-state index contributed by atoms with van der Waals surface area (Å²) in [5.41, 5.74) is 1.61. The Bertz CT molecular complexity index is 718. The molecule has 0 bridgehead atoms. The molecule has 0 N–H and O–H groups in total. The van der Waals surface area contributed by atoms with Crippen LogP contribution in [0.15, 0.2) is 60.7 Å². The lowest BCUT2D eigenvalue weighted by Gasteiger charge is -2.20. The van der Waals surface area contributed by atoms with Crippen LogP contribution in [0, 0.1) is 11.8 Å². The molecule has 0 spiro atoms. The van der Waals surface area contributed by atoms with E-state index in [4.69, 9.17) is 16.3 Å². The van der Waals surface area contributed by atoms with Crippen molar-refractivity contribution >= 4 is 17.6 Å². The van der Waals surface area contributed by atoms with Crippen molar-refractivity contribution in [1.29, 1.82) is 0 Å². The molecule has 0 saturated carbocycles. The molecule has 2 aromatic carbocycles. The van der Waals surface area contributed by atoms with Crippen LogP contribution >= 0.6 is 11.6 Å². The molecule has 0 aliphatic rings. The van der Waals surface area contributed by atoms with E-state index < -0.39 is 17.0 Å². The molecule has 0 aliphatic carbocycles. The number of hydrogen-bond acceptors (Lipinski definition) is 2. The molecule has 0 heterocycles. The van der Waals surface area contributed by atoms with Gasteiger partial charge in [0, 0.05) is 12.0 Å². The highest BCUT2D eigenvalue weighted by atomic mass is 35.5. The lowest BCUT2D eigenvalue weighted by molar-refractivity contribution is -0.152. The van der Waals surface area contributed by atoms with Gasteiger partial charge in [-0.2, -0.15) is 0 Å². The first kappa shape index (κ1) is 18.0. The summed E-state index contributed by atoms with van der Waals surface area (Å²) in [6.45, 7) is 1.68. The zero-order chi connectivity index (χ0) is 17.4. The number of ether oxygens (including phenoxy) is 1. The fourth-order valence-corrected chi connectivity index (χ4v) is 2.41. The molecule has 0 aromatic heterocycles. The molecule has 2 atom stereocenters.